The zero-order chi connectivity index (χ0) is 17.7. The SMILES string of the molecule is CN=C(NCCN(C)C(=O)OC(C)(C)C)N1CC2CCCCC2C1.I. The Morgan fingerprint density at radius 2 is 1.80 bits per heavy atom. The van der Waals surface area contributed by atoms with Crippen molar-refractivity contribution in [1.29, 1.82) is 0 Å². The van der Waals surface area contributed by atoms with Gasteiger partial charge in [-0.3, -0.25) is 4.99 Å². The molecule has 2 fully saturated rings. The number of nitrogens with zero attached hydrogens (tertiary/aromatic N) is 3. The topological polar surface area (TPSA) is 57.2 Å². The highest BCUT2D eigenvalue weighted by atomic mass is 127. The second kappa shape index (κ2) is 9.83. The molecule has 7 heteroatoms. The molecule has 0 spiro atoms. The van der Waals surface area contributed by atoms with E-state index < -0.39 is 5.60 Å². The molecule has 0 aromatic rings. The van der Waals surface area contributed by atoms with Crippen LogP contribution in [0.15, 0.2) is 4.99 Å². The van der Waals surface area contributed by atoms with Crippen LogP contribution in [0.2, 0.25) is 0 Å². The zero-order valence-corrected chi connectivity index (χ0v) is 18.7. The van der Waals surface area contributed by atoms with E-state index in [1.807, 2.05) is 27.8 Å². The van der Waals surface area contributed by atoms with Gasteiger partial charge in [0.25, 0.3) is 0 Å². The maximum atomic E-state index is 12.0. The molecule has 0 aromatic carbocycles. The quantitative estimate of drug-likeness (QED) is 0.395. The Bertz CT molecular complexity index is 450. The van der Waals surface area contributed by atoms with Gasteiger partial charge in [-0.15, -0.1) is 24.0 Å². The van der Waals surface area contributed by atoms with Crippen LogP contribution in [0, 0.1) is 11.8 Å². The predicted molar refractivity (Wildman–Crippen MR) is 113 cm³/mol. The molecule has 146 valence electrons. The molecule has 0 radical (unpaired) electrons. The number of likely N-dealkylation sites (tertiary alicyclic amines) is 1. The molecule has 25 heavy (non-hydrogen) atoms. The van der Waals surface area contributed by atoms with Crippen molar-refractivity contribution in [3.05, 3.63) is 0 Å². The van der Waals surface area contributed by atoms with E-state index in [4.69, 9.17) is 4.74 Å². The molecule has 2 aliphatic rings. The molecular weight excluding hydrogens is 431 g/mol. The molecule has 1 saturated heterocycles. The number of aliphatic imine (C=N–C) groups is 1. The second-order valence-electron chi connectivity index (χ2n) is 8.09. The summed E-state index contributed by atoms with van der Waals surface area (Å²) < 4.78 is 5.37. The van der Waals surface area contributed by atoms with Crippen LogP contribution < -0.4 is 5.32 Å². The lowest BCUT2D eigenvalue weighted by atomic mass is 9.82. The van der Waals surface area contributed by atoms with Crippen LogP contribution in [-0.4, -0.2) is 67.7 Å². The van der Waals surface area contributed by atoms with Gasteiger partial charge in [-0.2, -0.15) is 0 Å². The minimum absolute atomic E-state index is 0. The first-order chi connectivity index (χ1) is 11.3. The molecular formula is C18H35IN4O2. The Morgan fingerprint density at radius 1 is 1.24 bits per heavy atom. The smallest absolute Gasteiger partial charge is 0.410 e. The summed E-state index contributed by atoms with van der Waals surface area (Å²) in [7, 11) is 3.60. The Labute approximate surface area is 169 Å². The first kappa shape index (κ1) is 22.3. The van der Waals surface area contributed by atoms with Gasteiger partial charge in [-0.1, -0.05) is 12.8 Å². The van der Waals surface area contributed by atoms with Gasteiger partial charge in [0.2, 0.25) is 0 Å². The van der Waals surface area contributed by atoms with Crippen LogP contribution in [0.3, 0.4) is 0 Å². The van der Waals surface area contributed by atoms with E-state index in [2.05, 4.69) is 15.2 Å². The van der Waals surface area contributed by atoms with Gasteiger partial charge < -0.3 is 19.9 Å². The van der Waals surface area contributed by atoms with E-state index in [1.54, 1.807) is 11.9 Å². The third-order valence-electron chi connectivity index (χ3n) is 4.92. The van der Waals surface area contributed by atoms with Crippen LogP contribution in [0.5, 0.6) is 0 Å². The number of carbonyl (C=O) groups excluding carboxylic acids is 1. The van der Waals surface area contributed by atoms with E-state index >= 15 is 0 Å². The summed E-state index contributed by atoms with van der Waals surface area (Å²) in [4.78, 5) is 20.4. The highest BCUT2D eigenvalue weighted by molar-refractivity contribution is 14.0. The molecule has 1 aliphatic heterocycles. The number of fused-ring (bicyclic) bond motifs is 1. The van der Waals surface area contributed by atoms with Crippen molar-refractivity contribution < 1.29 is 9.53 Å². The van der Waals surface area contributed by atoms with E-state index in [9.17, 15) is 4.79 Å². The Hall–Kier alpha value is -0.730. The third kappa shape index (κ3) is 6.83. The summed E-state index contributed by atoms with van der Waals surface area (Å²) in [5.74, 6) is 2.63. The summed E-state index contributed by atoms with van der Waals surface area (Å²) in [6, 6.07) is 0. The Morgan fingerprint density at radius 3 is 2.28 bits per heavy atom. The van der Waals surface area contributed by atoms with Crippen LogP contribution >= 0.6 is 24.0 Å². The van der Waals surface area contributed by atoms with Crippen molar-refractivity contribution in [3.8, 4) is 0 Å². The van der Waals surface area contributed by atoms with E-state index in [0.29, 0.717) is 13.1 Å². The lowest BCUT2D eigenvalue weighted by Gasteiger charge is -2.26. The van der Waals surface area contributed by atoms with Crippen molar-refractivity contribution in [2.24, 2.45) is 16.8 Å². The number of ether oxygens (including phenoxy) is 1. The van der Waals surface area contributed by atoms with Crippen molar-refractivity contribution >= 4 is 36.0 Å². The lowest BCUT2D eigenvalue weighted by Crippen LogP contribution is -2.44. The average molecular weight is 466 g/mol. The molecule has 1 heterocycles. The van der Waals surface area contributed by atoms with Crippen LogP contribution in [-0.2, 0) is 4.74 Å². The summed E-state index contributed by atoms with van der Waals surface area (Å²) in [5, 5.41) is 3.40. The van der Waals surface area contributed by atoms with Gasteiger partial charge >= 0.3 is 6.09 Å². The minimum atomic E-state index is -0.458. The number of hydrogen-bond acceptors (Lipinski definition) is 3. The average Bonchev–Trinajstić information content (AvgIpc) is 2.93. The molecule has 0 bridgehead atoms. The first-order valence-electron chi connectivity index (χ1n) is 9.20. The maximum absolute atomic E-state index is 12.0. The van der Waals surface area contributed by atoms with Crippen LogP contribution in [0.25, 0.3) is 0 Å². The van der Waals surface area contributed by atoms with Crippen molar-refractivity contribution in [1.82, 2.24) is 15.1 Å². The number of guanidine groups is 1. The first-order valence-corrected chi connectivity index (χ1v) is 9.20. The van der Waals surface area contributed by atoms with Crippen molar-refractivity contribution in [3.63, 3.8) is 0 Å². The lowest BCUT2D eigenvalue weighted by molar-refractivity contribution is 0.0302. The van der Waals surface area contributed by atoms with Gasteiger partial charge in [0, 0.05) is 40.3 Å². The van der Waals surface area contributed by atoms with E-state index in [-0.39, 0.29) is 30.1 Å². The monoisotopic (exact) mass is 466 g/mol. The van der Waals surface area contributed by atoms with Gasteiger partial charge in [0.05, 0.1) is 0 Å². The summed E-state index contributed by atoms with van der Waals surface area (Å²) in [5.41, 5.74) is -0.458. The number of carbonyl (C=O) groups is 1. The molecule has 1 saturated carbocycles. The fourth-order valence-electron chi connectivity index (χ4n) is 3.68. The van der Waals surface area contributed by atoms with Crippen molar-refractivity contribution in [2.75, 3.05) is 40.3 Å². The third-order valence-corrected chi connectivity index (χ3v) is 4.92. The molecule has 2 rings (SSSR count). The van der Waals surface area contributed by atoms with Crippen molar-refractivity contribution in [2.45, 2.75) is 52.1 Å². The largest absolute Gasteiger partial charge is 0.444 e. The van der Waals surface area contributed by atoms with Crippen LogP contribution in [0.4, 0.5) is 4.79 Å². The normalized spacial score (nSPS) is 23.6. The molecule has 1 N–H and O–H groups in total. The van der Waals surface area contributed by atoms with Gasteiger partial charge in [0.15, 0.2) is 5.96 Å². The van der Waals surface area contributed by atoms with Gasteiger partial charge in [-0.25, -0.2) is 4.79 Å². The van der Waals surface area contributed by atoms with Crippen LogP contribution in [0.1, 0.15) is 46.5 Å². The maximum Gasteiger partial charge on any atom is 0.410 e. The standard InChI is InChI=1S/C18H34N4O2.HI/c1-18(2,3)24-17(23)21(5)11-10-20-16(19-4)22-12-14-8-6-7-9-15(14)13-22;/h14-15H,6-13H2,1-5H3,(H,19,20);1H. The molecule has 6 nitrogen and oxygen atoms in total. The zero-order valence-electron chi connectivity index (χ0n) is 16.4. The fraction of sp³-hybridized carbons (Fsp3) is 0.889. The highest BCUT2D eigenvalue weighted by Gasteiger charge is 2.35. The van der Waals surface area contributed by atoms with E-state index in [0.717, 1.165) is 30.9 Å². The summed E-state index contributed by atoms with van der Waals surface area (Å²) >= 11 is 0. The Balaban J connectivity index is 0.00000312. The second-order valence-corrected chi connectivity index (χ2v) is 8.09. The van der Waals surface area contributed by atoms with E-state index in [1.165, 1.54) is 25.7 Å². The number of likely N-dealkylation sites (N-methyl/N-ethyl adjacent to an activating group) is 1. The fourth-order valence-corrected chi connectivity index (χ4v) is 3.68. The van der Waals surface area contributed by atoms with Gasteiger partial charge in [0.1, 0.15) is 5.60 Å². The summed E-state index contributed by atoms with van der Waals surface area (Å²) in [6.07, 6.45) is 5.19. The predicted octanol–water partition coefficient (Wildman–Crippen LogP) is 3.17. The Kier molecular flexibility index (Phi) is 8.77. The highest BCUT2D eigenvalue weighted by Crippen LogP contribution is 2.35. The molecule has 2 unspecified atom stereocenters. The number of nitrogens with one attached hydrogen (secondary N) is 1. The minimum Gasteiger partial charge on any atom is -0.444 e. The number of amides is 1. The number of hydrogen-bond donors (Lipinski definition) is 1. The molecule has 0 aromatic heterocycles. The molecule has 1 amide bonds. The number of halogens is 1. The van der Waals surface area contributed by atoms with Gasteiger partial charge in [-0.05, 0) is 45.4 Å². The molecule has 2 atom stereocenters. The molecule has 1 aliphatic carbocycles. The summed E-state index contributed by atoms with van der Waals surface area (Å²) in [6.45, 7) is 9.14. The number of rotatable bonds is 3.